The molecular formula is C30H23F4N7O3. The van der Waals surface area contributed by atoms with E-state index in [2.05, 4.69) is 27.1 Å². The maximum absolute atomic E-state index is 14.0. The van der Waals surface area contributed by atoms with Gasteiger partial charge in [0, 0.05) is 24.3 Å². The van der Waals surface area contributed by atoms with E-state index in [0.29, 0.717) is 0 Å². The van der Waals surface area contributed by atoms with Gasteiger partial charge in [-0.2, -0.15) is 23.7 Å². The van der Waals surface area contributed by atoms with Crippen molar-refractivity contribution in [1.82, 2.24) is 9.97 Å². The summed E-state index contributed by atoms with van der Waals surface area (Å²) < 4.78 is 55.1. The predicted molar refractivity (Wildman–Crippen MR) is 149 cm³/mol. The van der Waals surface area contributed by atoms with E-state index in [1.54, 1.807) is 18.2 Å². The molecule has 1 aliphatic rings. The Hall–Kier alpha value is -5.52. The number of rotatable bonds is 6. The molecule has 2 amide bonds. The molecule has 1 fully saturated rings. The molecule has 3 aromatic rings. The van der Waals surface area contributed by atoms with Crippen molar-refractivity contribution in [2.75, 3.05) is 28.2 Å². The zero-order chi connectivity index (χ0) is 32.0. The highest BCUT2D eigenvalue weighted by Gasteiger charge is 2.43. The van der Waals surface area contributed by atoms with Crippen LogP contribution in [0.4, 0.5) is 34.9 Å². The fourth-order valence-corrected chi connectivity index (χ4v) is 4.62. The number of β-amino-alcohol motifs (C(OH)–C–C–N with tert-alkyl or cyclic N) is 1. The van der Waals surface area contributed by atoms with E-state index in [0.717, 1.165) is 18.2 Å². The van der Waals surface area contributed by atoms with Gasteiger partial charge in [0.05, 0.1) is 24.3 Å². The molecule has 2 atom stereocenters. The topological polar surface area (TPSA) is 146 Å². The van der Waals surface area contributed by atoms with Crippen molar-refractivity contribution in [2.24, 2.45) is 0 Å². The third-order valence-corrected chi connectivity index (χ3v) is 6.50. The first-order chi connectivity index (χ1) is 20.9. The molecule has 224 valence electrons. The second kappa shape index (κ2) is 13.2. The monoisotopic (exact) mass is 605 g/mol. The maximum Gasteiger partial charge on any atom is 0.417 e. The van der Waals surface area contributed by atoms with Gasteiger partial charge in [0.1, 0.15) is 47.2 Å². The average molecular weight is 606 g/mol. The van der Waals surface area contributed by atoms with Crippen LogP contribution >= 0.6 is 0 Å². The van der Waals surface area contributed by atoms with Crippen LogP contribution in [0.2, 0.25) is 0 Å². The van der Waals surface area contributed by atoms with Crippen molar-refractivity contribution in [3.8, 4) is 24.0 Å². The number of nitriles is 2. The number of halogens is 4. The summed E-state index contributed by atoms with van der Waals surface area (Å²) in [5.74, 6) is 3.48. The van der Waals surface area contributed by atoms with E-state index in [9.17, 15) is 37.5 Å². The highest BCUT2D eigenvalue weighted by atomic mass is 19.4. The zero-order valence-electron chi connectivity index (χ0n) is 23.1. The maximum atomic E-state index is 14.0. The highest BCUT2D eigenvalue weighted by molar-refractivity contribution is 6.00. The molecule has 44 heavy (non-hydrogen) atoms. The van der Waals surface area contributed by atoms with E-state index in [-0.39, 0.29) is 54.6 Å². The lowest BCUT2D eigenvalue weighted by Crippen LogP contribution is -2.47. The zero-order valence-corrected chi connectivity index (χ0v) is 23.1. The molecule has 2 N–H and O–H groups in total. The lowest BCUT2D eigenvalue weighted by atomic mass is 10.1. The van der Waals surface area contributed by atoms with Crippen molar-refractivity contribution in [3.63, 3.8) is 0 Å². The minimum atomic E-state index is -4.87. The summed E-state index contributed by atoms with van der Waals surface area (Å²) in [5, 5.41) is 31.3. The number of aromatic nitrogens is 2. The Bertz CT molecular complexity index is 1720. The van der Waals surface area contributed by atoms with Crippen LogP contribution in [0.3, 0.4) is 0 Å². The summed E-state index contributed by atoms with van der Waals surface area (Å²) in [6.45, 7) is 0.773. The fraction of sp³-hybridized carbons (Fsp3) is 0.267. The first-order valence-electron chi connectivity index (χ1n) is 13.0. The van der Waals surface area contributed by atoms with Crippen LogP contribution in [0, 0.1) is 47.2 Å². The largest absolute Gasteiger partial charge is 0.417 e. The Balaban J connectivity index is 1.69. The lowest BCUT2D eigenvalue weighted by molar-refractivity contribution is -0.137. The van der Waals surface area contributed by atoms with Gasteiger partial charge in [-0.15, -0.1) is 0 Å². The molecule has 1 aliphatic heterocycles. The van der Waals surface area contributed by atoms with Crippen LogP contribution in [0.1, 0.15) is 35.4 Å². The van der Waals surface area contributed by atoms with Crippen molar-refractivity contribution in [3.05, 3.63) is 76.9 Å². The molecule has 4 rings (SSSR count). The van der Waals surface area contributed by atoms with Gasteiger partial charge in [-0.1, -0.05) is 12.0 Å². The van der Waals surface area contributed by atoms with Crippen molar-refractivity contribution < 1.29 is 32.3 Å². The Morgan fingerprint density at radius 1 is 1.16 bits per heavy atom. The second-order valence-corrected chi connectivity index (χ2v) is 9.67. The fourth-order valence-electron chi connectivity index (χ4n) is 4.62. The number of hydrogen-bond acceptors (Lipinski definition) is 8. The first-order valence-corrected chi connectivity index (χ1v) is 13.0. The summed E-state index contributed by atoms with van der Waals surface area (Å²) >= 11 is 0. The summed E-state index contributed by atoms with van der Waals surface area (Å²) in [5.41, 5.74) is -1.61. The summed E-state index contributed by atoms with van der Waals surface area (Å²) in [7, 11) is 0. The number of anilines is 3. The summed E-state index contributed by atoms with van der Waals surface area (Å²) in [6, 6.07) is 12.2. The number of alkyl halides is 3. The third-order valence-electron chi connectivity index (χ3n) is 6.50. The Labute approximate surface area is 249 Å². The van der Waals surface area contributed by atoms with Crippen LogP contribution in [0.5, 0.6) is 0 Å². The van der Waals surface area contributed by atoms with E-state index >= 15 is 0 Å². The van der Waals surface area contributed by atoms with E-state index in [1.807, 2.05) is 0 Å². The molecule has 0 aliphatic carbocycles. The number of nitrogens with zero attached hydrogens (tertiary/aromatic N) is 6. The molecule has 1 aromatic carbocycles. The number of aliphatic hydroxyl groups excluding tert-OH is 1. The molecule has 10 nitrogen and oxygen atoms in total. The number of pyridine rings is 2. The number of carbonyl (C=O) groups excluding carboxylic acids is 2. The van der Waals surface area contributed by atoms with Crippen LogP contribution < -0.4 is 15.1 Å². The molecule has 0 saturated carbocycles. The van der Waals surface area contributed by atoms with Gasteiger partial charge in [0.2, 0.25) is 5.91 Å². The van der Waals surface area contributed by atoms with Gasteiger partial charge in [-0.05, 0) is 55.3 Å². The molecule has 3 heterocycles. The molecule has 0 radical (unpaired) electrons. The van der Waals surface area contributed by atoms with Gasteiger partial charge in [-0.25, -0.2) is 14.4 Å². The summed E-state index contributed by atoms with van der Waals surface area (Å²) in [4.78, 5) is 36.4. The number of hydrogen-bond donors (Lipinski definition) is 2. The molecule has 0 unspecified atom stereocenters. The van der Waals surface area contributed by atoms with Crippen LogP contribution in [-0.4, -0.2) is 52.1 Å². The van der Waals surface area contributed by atoms with Gasteiger partial charge >= 0.3 is 6.18 Å². The first kappa shape index (κ1) is 31.4. The van der Waals surface area contributed by atoms with Crippen molar-refractivity contribution >= 4 is 29.1 Å². The summed E-state index contributed by atoms with van der Waals surface area (Å²) in [6.07, 6.45) is -6.55. The molecular weight excluding hydrogens is 582 g/mol. The number of nitrogens with one attached hydrogen (secondary N) is 1. The van der Waals surface area contributed by atoms with Crippen LogP contribution in [-0.2, 0) is 15.8 Å². The van der Waals surface area contributed by atoms with Crippen molar-refractivity contribution in [2.45, 2.75) is 38.1 Å². The quantitative estimate of drug-likeness (QED) is 0.320. The number of benzene rings is 1. The molecule has 0 bridgehead atoms. The normalized spacial score (nSPS) is 15.9. The van der Waals surface area contributed by atoms with E-state index < -0.39 is 47.1 Å². The minimum absolute atomic E-state index is 0.0429. The predicted octanol–water partition coefficient (Wildman–Crippen LogP) is 3.69. The Morgan fingerprint density at radius 2 is 1.89 bits per heavy atom. The highest BCUT2D eigenvalue weighted by Crippen LogP contribution is 2.38. The average Bonchev–Trinajstić information content (AvgIpc) is 3.36. The van der Waals surface area contributed by atoms with Gasteiger partial charge in [0.25, 0.3) is 5.91 Å². The Morgan fingerprint density at radius 3 is 2.55 bits per heavy atom. The second-order valence-electron chi connectivity index (χ2n) is 9.67. The van der Waals surface area contributed by atoms with Gasteiger partial charge < -0.3 is 15.3 Å². The van der Waals surface area contributed by atoms with Crippen molar-refractivity contribution in [1.29, 1.82) is 10.5 Å². The molecule has 0 spiro atoms. The van der Waals surface area contributed by atoms with Gasteiger partial charge in [0.15, 0.2) is 0 Å². The molecule has 2 aromatic heterocycles. The lowest BCUT2D eigenvalue weighted by Gasteiger charge is -2.31. The van der Waals surface area contributed by atoms with E-state index in [1.165, 1.54) is 41.0 Å². The smallest absolute Gasteiger partial charge is 0.391 e. The Kier molecular flexibility index (Phi) is 9.42. The third kappa shape index (κ3) is 7.27. The number of carbonyl (C=O) groups is 2. The molecule has 1 saturated heterocycles. The number of amides is 2. The standard InChI is InChI=1S/C30H23F4N7O3/c1-18-14-24(30(32,33)34)23(16-36)28(37-18)41-17-22(42)15-25(41)29(44)40(21-9-7-19(31)8-10-21)13-3-5-20-4-2-6-26(38-20)39-27(43)11-12-35/h2,4,6-10,14,22,25,42H,11,13,15,17H2,1H3,(H,38,39,43)/t22-,25-/m0/s1. The SMILES string of the molecule is Cc1cc(C(F)(F)F)c(C#N)c(N2C[C@@H](O)C[C@H]2C(=O)N(CC#Cc2cccc(NC(=O)CC#N)n2)c2ccc(F)cc2)n1. The van der Waals surface area contributed by atoms with Crippen LogP contribution in [0.25, 0.3) is 0 Å². The minimum Gasteiger partial charge on any atom is -0.391 e. The number of aliphatic hydroxyl groups is 1. The van der Waals surface area contributed by atoms with Gasteiger partial charge in [-0.3, -0.25) is 14.5 Å². The number of aryl methyl sites for hydroxylation is 1. The van der Waals surface area contributed by atoms with E-state index in [4.69, 9.17) is 5.26 Å². The van der Waals surface area contributed by atoms with Crippen LogP contribution in [0.15, 0.2) is 48.5 Å². The molecule has 14 heteroatoms.